The molecule has 0 aromatic heterocycles. The van der Waals surface area contributed by atoms with Crippen LogP contribution in [0.5, 0.6) is 0 Å². The van der Waals surface area contributed by atoms with E-state index in [9.17, 15) is 24.3 Å². The second kappa shape index (κ2) is 12.1. The molecule has 0 spiro atoms. The molecule has 2 heterocycles. The number of fused-ring (bicyclic) bond motifs is 1. The second-order valence-corrected chi connectivity index (χ2v) is 8.94. The van der Waals surface area contributed by atoms with Crippen LogP contribution < -0.4 is 34.9 Å². The maximum Gasteiger partial charge on any atom is 1.00 e. The van der Waals surface area contributed by atoms with Crippen LogP contribution in [0.1, 0.15) is 19.2 Å². The average Bonchev–Trinajstić information content (AvgIpc) is 2.76. The number of hydrogen-bond acceptors (Lipinski definition) is 8. The first-order valence-electron chi connectivity index (χ1n) is 9.34. The number of carboxylic acid groups (broad SMARTS) is 1. The predicted molar refractivity (Wildman–Crippen MR) is 116 cm³/mol. The van der Waals surface area contributed by atoms with Crippen molar-refractivity contribution in [2.45, 2.75) is 23.6 Å². The van der Waals surface area contributed by atoms with Crippen LogP contribution in [0.15, 0.2) is 41.6 Å². The molecule has 2 N–H and O–H groups in total. The summed E-state index contributed by atoms with van der Waals surface area (Å²) < 4.78 is 10.0. The Morgan fingerprint density at radius 2 is 2.03 bits per heavy atom. The van der Waals surface area contributed by atoms with E-state index in [-0.39, 0.29) is 54.9 Å². The number of rotatable bonds is 9. The Kier molecular flexibility index (Phi) is 10.1. The van der Waals surface area contributed by atoms with E-state index in [0.29, 0.717) is 11.5 Å². The molecule has 0 saturated carbocycles. The fourth-order valence-electron chi connectivity index (χ4n) is 3.30. The minimum Gasteiger partial charge on any atom is -1.00 e. The Morgan fingerprint density at radius 1 is 1.34 bits per heavy atom. The quantitative estimate of drug-likeness (QED) is 0.184. The van der Waals surface area contributed by atoms with E-state index >= 15 is 0 Å². The minimum atomic E-state index is -1.27. The van der Waals surface area contributed by atoms with E-state index in [0.717, 1.165) is 10.5 Å². The summed E-state index contributed by atoms with van der Waals surface area (Å²) in [6.45, 7) is 1.03. The summed E-state index contributed by atoms with van der Waals surface area (Å²) in [5.74, 6) is -2.10. The number of esters is 1. The monoisotopic (exact) mass is 490 g/mol. The SMILES string of the molecule is COCSC(C(=O)NC1C(=O)N2C(C(=O)O)=C(COC(C)=O)CSC12)c1ccccc1.[H-].[Na+]. The second-order valence-electron chi connectivity index (χ2n) is 6.80. The van der Waals surface area contributed by atoms with Crippen LogP contribution in [-0.2, 0) is 28.7 Å². The molecule has 2 amide bonds. The van der Waals surface area contributed by atoms with Gasteiger partial charge < -0.3 is 21.3 Å². The van der Waals surface area contributed by atoms with Crippen LogP contribution in [0.25, 0.3) is 0 Å². The van der Waals surface area contributed by atoms with Crippen LogP contribution in [0.2, 0.25) is 0 Å². The van der Waals surface area contributed by atoms with Crippen molar-refractivity contribution in [1.29, 1.82) is 0 Å². The van der Waals surface area contributed by atoms with Gasteiger partial charge in [0, 0.05) is 25.4 Å². The summed E-state index contributed by atoms with van der Waals surface area (Å²) in [4.78, 5) is 49.8. The predicted octanol–water partition coefficient (Wildman–Crippen LogP) is -1.52. The van der Waals surface area contributed by atoms with Gasteiger partial charge in [-0.05, 0) is 5.56 Å². The fraction of sp³-hybridized carbons (Fsp3) is 0.400. The molecule has 2 aliphatic heterocycles. The number of carboxylic acids is 1. The number of carbonyl (C=O) groups excluding carboxylic acids is 3. The van der Waals surface area contributed by atoms with Crippen LogP contribution in [0.4, 0.5) is 0 Å². The molecule has 3 unspecified atom stereocenters. The third-order valence-corrected chi connectivity index (χ3v) is 7.22. The van der Waals surface area contributed by atoms with Crippen LogP contribution in [0, 0.1) is 0 Å². The zero-order chi connectivity index (χ0) is 22.5. The summed E-state index contributed by atoms with van der Waals surface area (Å²) in [5.41, 5.74) is 0.936. The number of methoxy groups -OCH3 is 1. The van der Waals surface area contributed by atoms with Gasteiger partial charge in [0.2, 0.25) is 5.91 Å². The van der Waals surface area contributed by atoms with Gasteiger partial charge in [0.15, 0.2) is 0 Å². The molecule has 12 heteroatoms. The zero-order valence-electron chi connectivity index (χ0n) is 18.9. The van der Waals surface area contributed by atoms with Gasteiger partial charge in [-0.3, -0.25) is 19.3 Å². The number of nitrogens with one attached hydrogen (secondary N) is 1. The molecule has 2 aliphatic rings. The van der Waals surface area contributed by atoms with E-state index in [1.54, 1.807) is 0 Å². The third kappa shape index (κ3) is 5.89. The molecule has 9 nitrogen and oxygen atoms in total. The molecule has 3 rings (SSSR count). The van der Waals surface area contributed by atoms with Crippen molar-refractivity contribution in [3.05, 3.63) is 47.2 Å². The van der Waals surface area contributed by atoms with Crippen LogP contribution >= 0.6 is 23.5 Å². The molecule has 0 aliphatic carbocycles. The molecule has 0 bridgehead atoms. The van der Waals surface area contributed by atoms with Gasteiger partial charge in [-0.1, -0.05) is 30.3 Å². The van der Waals surface area contributed by atoms with E-state index in [1.807, 2.05) is 30.3 Å². The number of β-lactam (4-membered cyclic amide) rings is 1. The molecule has 32 heavy (non-hydrogen) atoms. The summed E-state index contributed by atoms with van der Waals surface area (Å²) in [5, 5.41) is 11.3. The van der Waals surface area contributed by atoms with E-state index in [4.69, 9.17) is 9.47 Å². The normalized spacial score (nSPS) is 20.4. The van der Waals surface area contributed by atoms with Gasteiger partial charge in [-0.2, -0.15) is 0 Å². The maximum absolute atomic E-state index is 13.0. The summed E-state index contributed by atoms with van der Waals surface area (Å²) in [6, 6.07) is 8.30. The number of thioether (sulfide) groups is 2. The van der Waals surface area contributed by atoms with Crippen molar-refractivity contribution >= 4 is 47.3 Å². The molecule has 1 fully saturated rings. The number of ether oxygens (including phenoxy) is 2. The Labute approximate surface area is 217 Å². The Morgan fingerprint density at radius 3 is 2.62 bits per heavy atom. The summed E-state index contributed by atoms with van der Waals surface area (Å²) in [6.07, 6.45) is 0. The first-order chi connectivity index (χ1) is 14.8. The Bertz CT molecular complexity index is 919. The number of carbonyl (C=O) groups is 4. The smallest absolute Gasteiger partial charge is 1.00 e. The third-order valence-electron chi connectivity index (χ3n) is 4.69. The number of nitrogens with zero attached hydrogens (tertiary/aromatic N) is 1. The van der Waals surface area contributed by atoms with Gasteiger partial charge >= 0.3 is 41.5 Å². The molecular formula is C20H23N2NaO7S2. The molecule has 1 aromatic rings. The van der Waals surface area contributed by atoms with Crippen molar-refractivity contribution in [3.63, 3.8) is 0 Å². The van der Waals surface area contributed by atoms with Crippen molar-refractivity contribution in [2.24, 2.45) is 0 Å². The number of amides is 2. The maximum atomic E-state index is 13.0. The molecule has 1 saturated heterocycles. The molecule has 3 atom stereocenters. The van der Waals surface area contributed by atoms with E-state index in [1.165, 1.54) is 37.6 Å². The molecular weight excluding hydrogens is 467 g/mol. The number of hydrogen-bond donors (Lipinski definition) is 2. The van der Waals surface area contributed by atoms with Crippen LogP contribution in [0.3, 0.4) is 0 Å². The summed E-state index contributed by atoms with van der Waals surface area (Å²) in [7, 11) is 1.53. The molecule has 0 radical (unpaired) electrons. The Hall–Kier alpha value is -1.50. The van der Waals surface area contributed by atoms with Gasteiger partial charge in [-0.15, -0.1) is 23.5 Å². The molecule has 1 aromatic carbocycles. The number of benzene rings is 1. The topological polar surface area (TPSA) is 122 Å². The van der Waals surface area contributed by atoms with Crippen LogP contribution in [-0.4, -0.2) is 70.6 Å². The van der Waals surface area contributed by atoms with Gasteiger partial charge in [0.05, 0.1) is 5.94 Å². The average molecular weight is 491 g/mol. The van der Waals surface area contributed by atoms with E-state index < -0.39 is 34.5 Å². The Balaban J connectivity index is 0.00000272. The molecule has 168 valence electrons. The first kappa shape index (κ1) is 26.7. The fourth-order valence-corrected chi connectivity index (χ4v) is 5.47. The van der Waals surface area contributed by atoms with Gasteiger partial charge in [0.25, 0.3) is 5.91 Å². The van der Waals surface area contributed by atoms with Crippen molar-refractivity contribution in [2.75, 3.05) is 25.4 Å². The standard InChI is InChI=1S/C20H22N2O7S2.Na.H/c1-11(23)29-8-13-9-30-19-14(18(25)22(19)15(13)20(26)27)21-17(24)16(31-10-28-2)12-6-4-3-5-7-12;;/h3-7,14,16,19H,8-10H2,1-2H3,(H,21,24)(H,26,27);;/q;+1;-1. The van der Waals surface area contributed by atoms with Gasteiger partial charge in [-0.25, -0.2) is 4.79 Å². The van der Waals surface area contributed by atoms with Crippen molar-refractivity contribution < 1.29 is 64.7 Å². The first-order valence-corrected chi connectivity index (χ1v) is 11.4. The van der Waals surface area contributed by atoms with Crippen molar-refractivity contribution in [3.8, 4) is 0 Å². The summed E-state index contributed by atoms with van der Waals surface area (Å²) >= 11 is 2.61. The zero-order valence-corrected chi connectivity index (χ0v) is 21.5. The van der Waals surface area contributed by atoms with Gasteiger partial charge in [0.1, 0.15) is 29.0 Å². The number of aliphatic carboxylic acids is 1. The van der Waals surface area contributed by atoms with E-state index in [2.05, 4.69) is 5.32 Å². The minimum absolute atomic E-state index is 0. The largest absolute Gasteiger partial charge is 1.00 e. The van der Waals surface area contributed by atoms with Crippen molar-refractivity contribution in [1.82, 2.24) is 10.2 Å².